The average molecular weight is 305 g/mol. The number of hydrogen-bond acceptors (Lipinski definition) is 4. The number of carbonyl (C=O) groups excluding carboxylic acids is 2. The Morgan fingerprint density at radius 2 is 2.00 bits per heavy atom. The normalized spacial score (nSPS) is 11.2. The first-order valence-corrected chi connectivity index (χ1v) is 7.17. The molecule has 0 aliphatic heterocycles. The van der Waals surface area contributed by atoms with Crippen molar-refractivity contribution in [3.05, 3.63) is 36.2 Å². The number of carbonyl (C=O) groups is 2. The van der Waals surface area contributed by atoms with Crippen molar-refractivity contribution in [3.8, 4) is 0 Å². The molecule has 2 amide bonds. The lowest BCUT2D eigenvalue weighted by Crippen LogP contribution is -2.37. The van der Waals surface area contributed by atoms with Crippen LogP contribution in [0.15, 0.2) is 30.6 Å². The van der Waals surface area contributed by atoms with Gasteiger partial charge in [0.1, 0.15) is 5.60 Å². The fourth-order valence-corrected chi connectivity index (χ4v) is 1.53. The monoisotopic (exact) mass is 305 g/mol. The third kappa shape index (κ3) is 8.73. The largest absolute Gasteiger partial charge is 0.444 e. The summed E-state index contributed by atoms with van der Waals surface area (Å²) >= 11 is 0. The Hall–Kier alpha value is -2.37. The Labute approximate surface area is 131 Å². The molecule has 1 heterocycles. The third-order valence-corrected chi connectivity index (χ3v) is 2.41. The van der Waals surface area contributed by atoms with Gasteiger partial charge in [-0.1, -0.05) is 18.2 Å². The van der Waals surface area contributed by atoms with E-state index in [1.54, 1.807) is 39.2 Å². The van der Waals surface area contributed by atoms with Gasteiger partial charge >= 0.3 is 6.09 Å². The van der Waals surface area contributed by atoms with Gasteiger partial charge in [0.2, 0.25) is 5.91 Å². The molecule has 0 fully saturated rings. The Kier molecular flexibility index (Phi) is 7.08. The second-order valence-corrected chi connectivity index (χ2v) is 5.67. The highest BCUT2D eigenvalue weighted by molar-refractivity contribution is 5.78. The third-order valence-electron chi connectivity index (χ3n) is 2.41. The number of nitrogens with zero attached hydrogens (tertiary/aromatic N) is 1. The second kappa shape index (κ2) is 8.81. The molecule has 1 aromatic heterocycles. The summed E-state index contributed by atoms with van der Waals surface area (Å²) in [6, 6.07) is 3.74. The molecule has 2 N–H and O–H groups in total. The summed E-state index contributed by atoms with van der Waals surface area (Å²) < 4.78 is 5.08. The SMILES string of the molecule is CC(C)(C)OC(=O)NCCNC(=O)CC=Cc1cccnc1. The summed E-state index contributed by atoms with van der Waals surface area (Å²) in [5.74, 6) is -0.105. The van der Waals surface area contributed by atoms with Gasteiger partial charge in [0, 0.05) is 31.9 Å². The number of hydrogen-bond donors (Lipinski definition) is 2. The maximum atomic E-state index is 11.6. The van der Waals surface area contributed by atoms with E-state index in [-0.39, 0.29) is 12.3 Å². The predicted molar refractivity (Wildman–Crippen MR) is 85.1 cm³/mol. The molecule has 120 valence electrons. The van der Waals surface area contributed by atoms with Gasteiger partial charge in [-0.05, 0) is 32.4 Å². The van der Waals surface area contributed by atoms with Gasteiger partial charge in [0.05, 0.1) is 0 Å². The molecule has 0 bridgehead atoms. The van der Waals surface area contributed by atoms with Crippen molar-refractivity contribution in [1.82, 2.24) is 15.6 Å². The van der Waals surface area contributed by atoms with Crippen molar-refractivity contribution in [1.29, 1.82) is 0 Å². The summed E-state index contributed by atoms with van der Waals surface area (Å²) in [4.78, 5) is 26.9. The van der Waals surface area contributed by atoms with Crippen molar-refractivity contribution >= 4 is 18.1 Å². The molecule has 0 radical (unpaired) electrons. The van der Waals surface area contributed by atoms with Crippen LogP contribution in [0.25, 0.3) is 6.08 Å². The lowest BCUT2D eigenvalue weighted by atomic mass is 10.2. The number of rotatable bonds is 6. The van der Waals surface area contributed by atoms with Crippen LogP contribution in [0.1, 0.15) is 32.8 Å². The smallest absolute Gasteiger partial charge is 0.407 e. The van der Waals surface area contributed by atoms with E-state index in [0.717, 1.165) is 5.56 Å². The summed E-state index contributed by atoms with van der Waals surface area (Å²) in [6.07, 6.45) is 6.82. The molecule has 0 aromatic carbocycles. The minimum absolute atomic E-state index is 0.105. The molecular formula is C16H23N3O3. The van der Waals surface area contributed by atoms with Crippen LogP contribution in [-0.4, -0.2) is 35.7 Å². The number of aromatic nitrogens is 1. The van der Waals surface area contributed by atoms with E-state index in [1.807, 2.05) is 18.2 Å². The summed E-state index contributed by atoms with van der Waals surface area (Å²) in [6.45, 7) is 6.07. The fraction of sp³-hybridized carbons (Fsp3) is 0.438. The van der Waals surface area contributed by atoms with Crippen LogP contribution >= 0.6 is 0 Å². The summed E-state index contributed by atoms with van der Waals surface area (Å²) in [5, 5.41) is 5.29. The van der Waals surface area contributed by atoms with Crippen LogP contribution in [-0.2, 0) is 9.53 Å². The zero-order valence-corrected chi connectivity index (χ0v) is 13.3. The van der Waals surface area contributed by atoms with Crippen LogP contribution in [0.2, 0.25) is 0 Å². The number of nitrogens with one attached hydrogen (secondary N) is 2. The van der Waals surface area contributed by atoms with Gasteiger partial charge in [0.15, 0.2) is 0 Å². The Bertz CT molecular complexity index is 507. The minimum Gasteiger partial charge on any atom is -0.444 e. The zero-order valence-electron chi connectivity index (χ0n) is 13.3. The van der Waals surface area contributed by atoms with Gasteiger partial charge in [0.25, 0.3) is 0 Å². The van der Waals surface area contributed by atoms with E-state index < -0.39 is 11.7 Å². The first-order valence-electron chi connectivity index (χ1n) is 7.17. The highest BCUT2D eigenvalue weighted by Crippen LogP contribution is 2.06. The van der Waals surface area contributed by atoms with Crippen LogP contribution in [0.5, 0.6) is 0 Å². The number of amides is 2. The summed E-state index contributed by atoms with van der Waals surface area (Å²) in [7, 11) is 0. The van der Waals surface area contributed by atoms with Gasteiger partial charge in [-0.2, -0.15) is 0 Å². The minimum atomic E-state index is -0.523. The van der Waals surface area contributed by atoms with E-state index >= 15 is 0 Å². The first-order chi connectivity index (χ1) is 10.4. The Morgan fingerprint density at radius 3 is 2.64 bits per heavy atom. The highest BCUT2D eigenvalue weighted by atomic mass is 16.6. The first kappa shape index (κ1) is 17.7. The van der Waals surface area contributed by atoms with E-state index in [4.69, 9.17) is 4.74 Å². The predicted octanol–water partition coefficient (Wildman–Crippen LogP) is 2.13. The number of ether oxygens (including phenoxy) is 1. The molecule has 0 spiro atoms. The Morgan fingerprint density at radius 1 is 1.27 bits per heavy atom. The highest BCUT2D eigenvalue weighted by Gasteiger charge is 2.15. The van der Waals surface area contributed by atoms with Gasteiger partial charge in [-0.15, -0.1) is 0 Å². The zero-order chi connectivity index (χ0) is 16.4. The van der Waals surface area contributed by atoms with Gasteiger partial charge < -0.3 is 15.4 Å². The van der Waals surface area contributed by atoms with E-state index in [2.05, 4.69) is 15.6 Å². The van der Waals surface area contributed by atoms with Crippen LogP contribution in [0.3, 0.4) is 0 Å². The molecule has 0 saturated heterocycles. The molecule has 1 rings (SSSR count). The molecule has 6 heteroatoms. The second-order valence-electron chi connectivity index (χ2n) is 5.67. The number of pyridine rings is 1. The van der Waals surface area contributed by atoms with Crippen molar-refractivity contribution < 1.29 is 14.3 Å². The standard InChI is InChI=1S/C16H23N3O3/c1-16(2,3)22-15(21)19-11-10-18-14(20)8-4-6-13-7-5-9-17-12-13/h4-7,9,12H,8,10-11H2,1-3H3,(H,18,20)(H,19,21). The lowest BCUT2D eigenvalue weighted by Gasteiger charge is -2.19. The van der Waals surface area contributed by atoms with E-state index in [0.29, 0.717) is 13.1 Å². The number of alkyl carbamates (subject to hydrolysis) is 1. The van der Waals surface area contributed by atoms with Crippen molar-refractivity contribution in [2.75, 3.05) is 13.1 Å². The molecule has 0 unspecified atom stereocenters. The average Bonchev–Trinajstić information content (AvgIpc) is 2.43. The van der Waals surface area contributed by atoms with Crippen molar-refractivity contribution in [2.24, 2.45) is 0 Å². The molecular weight excluding hydrogens is 282 g/mol. The quantitative estimate of drug-likeness (QED) is 0.789. The molecule has 0 aliphatic rings. The topological polar surface area (TPSA) is 80.3 Å². The van der Waals surface area contributed by atoms with Crippen molar-refractivity contribution in [3.63, 3.8) is 0 Å². The maximum absolute atomic E-state index is 11.6. The molecule has 1 aromatic rings. The molecule has 0 aliphatic carbocycles. The summed E-state index contributed by atoms with van der Waals surface area (Å²) in [5.41, 5.74) is 0.423. The van der Waals surface area contributed by atoms with Crippen LogP contribution in [0.4, 0.5) is 4.79 Å². The van der Waals surface area contributed by atoms with Crippen LogP contribution < -0.4 is 10.6 Å². The molecule has 6 nitrogen and oxygen atoms in total. The van der Waals surface area contributed by atoms with Gasteiger partial charge in [-0.25, -0.2) is 4.79 Å². The molecule has 0 atom stereocenters. The van der Waals surface area contributed by atoms with Crippen molar-refractivity contribution in [2.45, 2.75) is 32.8 Å². The van der Waals surface area contributed by atoms with Gasteiger partial charge in [-0.3, -0.25) is 9.78 Å². The van der Waals surface area contributed by atoms with E-state index in [9.17, 15) is 9.59 Å². The van der Waals surface area contributed by atoms with Crippen LogP contribution in [0, 0.1) is 0 Å². The fourth-order valence-electron chi connectivity index (χ4n) is 1.53. The maximum Gasteiger partial charge on any atom is 0.407 e. The Balaban J connectivity index is 2.14. The molecule has 0 saturated carbocycles. The lowest BCUT2D eigenvalue weighted by molar-refractivity contribution is -0.120. The van der Waals surface area contributed by atoms with E-state index in [1.165, 1.54) is 0 Å². The molecule has 22 heavy (non-hydrogen) atoms.